The number of nitrogens with two attached hydrogens (primary N) is 2. The number of hydrogen-bond acceptors (Lipinski definition) is 6. The molecule has 116 valence electrons. The van der Waals surface area contributed by atoms with Gasteiger partial charge in [0.15, 0.2) is 0 Å². The third-order valence-electron chi connectivity index (χ3n) is 3.35. The lowest BCUT2D eigenvalue weighted by Crippen LogP contribution is -2.17. The Labute approximate surface area is 127 Å². The van der Waals surface area contributed by atoms with E-state index < -0.39 is 17.6 Å². The summed E-state index contributed by atoms with van der Waals surface area (Å²) in [7, 11) is 0. The number of rotatable bonds is 5. The van der Waals surface area contributed by atoms with Crippen molar-refractivity contribution in [2.75, 3.05) is 18.1 Å². The number of hydrogen-bond donors (Lipinski definition) is 4. The van der Waals surface area contributed by atoms with E-state index >= 15 is 0 Å². The van der Waals surface area contributed by atoms with Gasteiger partial charge in [-0.15, -0.1) is 0 Å². The van der Waals surface area contributed by atoms with Crippen molar-refractivity contribution in [2.24, 2.45) is 0 Å². The van der Waals surface area contributed by atoms with Gasteiger partial charge >= 0.3 is 0 Å². The molecule has 1 atom stereocenters. The van der Waals surface area contributed by atoms with Crippen LogP contribution in [0.5, 0.6) is 0 Å². The first kappa shape index (κ1) is 15.7. The predicted molar refractivity (Wildman–Crippen MR) is 84.2 cm³/mol. The maximum Gasteiger partial charge on any atom is 0.277 e. The fraction of sp³-hybridized carbons (Fsp3) is 0.200. The summed E-state index contributed by atoms with van der Waals surface area (Å²) in [5.41, 5.74) is 13.7. The molecule has 0 fully saturated rings. The number of nitro groups is 1. The van der Waals surface area contributed by atoms with E-state index in [0.29, 0.717) is 28.1 Å². The Kier molecular flexibility index (Phi) is 4.59. The summed E-state index contributed by atoms with van der Waals surface area (Å²) in [6.45, 7) is -0.430. The van der Waals surface area contributed by atoms with E-state index in [1.54, 1.807) is 24.3 Å². The molecule has 22 heavy (non-hydrogen) atoms. The Bertz CT molecular complexity index is 703. The van der Waals surface area contributed by atoms with Gasteiger partial charge in [-0.25, -0.2) is 0 Å². The standard InChI is InChI=1S/C15H17N3O4/c16-9-5-12(11-3-1-2-4-15(11)18(21)22)13(14(17)6-9)7-10(20)8-19/h1-6,10,19-20H,7-8,16-17H2. The molecule has 6 N–H and O–H groups in total. The van der Waals surface area contributed by atoms with Gasteiger partial charge in [0.05, 0.1) is 23.2 Å². The lowest BCUT2D eigenvalue weighted by molar-refractivity contribution is -0.384. The zero-order valence-electron chi connectivity index (χ0n) is 11.8. The van der Waals surface area contributed by atoms with Gasteiger partial charge in [0.2, 0.25) is 0 Å². The van der Waals surface area contributed by atoms with Gasteiger partial charge in [0, 0.05) is 23.9 Å². The Morgan fingerprint density at radius 3 is 2.50 bits per heavy atom. The molecule has 0 spiro atoms. The summed E-state index contributed by atoms with van der Waals surface area (Å²) in [4.78, 5) is 10.7. The van der Waals surface area contributed by atoms with Crippen LogP contribution >= 0.6 is 0 Å². The topological polar surface area (TPSA) is 136 Å². The summed E-state index contributed by atoms with van der Waals surface area (Å²) in [6.07, 6.45) is -0.934. The highest BCUT2D eigenvalue weighted by atomic mass is 16.6. The van der Waals surface area contributed by atoms with Crippen LogP contribution < -0.4 is 11.5 Å². The monoisotopic (exact) mass is 303 g/mol. The van der Waals surface area contributed by atoms with Crippen molar-refractivity contribution < 1.29 is 15.1 Å². The Morgan fingerprint density at radius 1 is 1.18 bits per heavy atom. The summed E-state index contributed by atoms with van der Waals surface area (Å²) in [5, 5.41) is 29.9. The summed E-state index contributed by atoms with van der Waals surface area (Å²) in [6, 6.07) is 9.34. The van der Waals surface area contributed by atoms with E-state index in [1.807, 2.05) is 0 Å². The quantitative estimate of drug-likeness (QED) is 0.373. The van der Waals surface area contributed by atoms with Crippen molar-refractivity contribution in [1.82, 2.24) is 0 Å². The van der Waals surface area contributed by atoms with Gasteiger partial charge in [-0.1, -0.05) is 12.1 Å². The number of anilines is 2. The molecule has 0 heterocycles. The molecule has 7 heteroatoms. The molecule has 1 unspecified atom stereocenters. The fourth-order valence-electron chi connectivity index (χ4n) is 2.35. The minimum Gasteiger partial charge on any atom is -0.399 e. The number of nitrogens with zero attached hydrogens (tertiary/aromatic N) is 1. The van der Waals surface area contributed by atoms with Gasteiger partial charge in [-0.05, 0) is 29.3 Å². The van der Waals surface area contributed by atoms with Gasteiger partial charge in [0.1, 0.15) is 0 Å². The zero-order valence-corrected chi connectivity index (χ0v) is 11.8. The van der Waals surface area contributed by atoms with Crippen LogP contribution in [0.15, 0.2) is 36.4 Å². The first-order valence-electron chi connectivity index (χ1n) is 6.64. The Morgan fingerprint density at radius 2 is 1.86 bits per heavy atom. The first-order valence-corrected chi connectivity index (χ1v) is 6.64. The summed E-state index contributed by atoms with van der Waals surface area (Å²) < 4.78 is 0. The van der Waals surface area contributed by atoms with Crippen LogP contribution in [0, 0.1) is 10.1 Å². The number of aliphatic hydroxyl groups is 2. The van der Waals surface area contributed by atoms with Crippen molar-refractivity contribution in [1.29, 1.82) is 0 Å². The highest BCUT2D eigenvalue weighted by molar-refractivity contribution is 5.82. The number of para-hydroxylation sites is 1. The molecule has 2 rings (SSSR count). The minimum absolute atomic E-state index is 0.0734. The number of nitro benzene ring substituents is 1. The Balaban J connectivity index is 2.66. The third-order valence-corrected chi connectivity index (χ3v) is 3.35. The molecule has 0 radical (unpaired) electrons. The molecule has 2 aromatic carbocycles. The summed E-state index contributed by atoms with van der Waals surface area (Å²) in [5.74, 6) is 0. The van der Waals surface area contributed by atoms with Crippen LogP contribution in [-0.2, 0) is 6.42 Å². The van der Waals surface area contributed by atoms with Crippen molar-refractivity contribution in [3.8, 4) is 11.1 Å². The first-order chi connectivity index (χ1) is 10.4. The fourth-order valence-corrected chi connectivity index (χ4v) is 2.35. The molecule has 0 aromatic heterocycles. The van der Waals surface area contributed by atoms with Crippen molar-refractivity contribution in [3.05, 3.63) is 52.1 Å². The van der Waals surface area contributed by atoms with Gasteiger partial charge < -0.3 is 21.7 Å². The van der Waals surface area contributed by atoms with E-state index in [9.17, 15) is 15.2 Å². The molecule has 0 aliphatic carbocycles. The van der Waals surface area contributed by atoms with E-state index in [-0.39, 0.29) is 12.1 Å². The largest absolute Gasteiger partial charge is 0.399 e. The van der Waals surface area contributed by atoms with E-state index in [0.717, 1.165) is 0 Å². The second-order valence-corrected chi connectivity index (χ2v) is 4.95. The zero-order chi connectivity index (χ0) is 16.3. The second-order valence-electron chi connectivity index (χ2n) is 4.95. The Hall–Kier alpha value is -2.64. The van der Waals surface area contributed by atoms with Crippen LogP contribution in [0.4, 0.5) is 17.1 Å². The van der Waals surface area contributed by atoms with Gasteiger partial charge in [-0.3, -0.25) is 10.1 Å². The molecule has 0 saturated heterocycles. The molecular weight excluding hydrogens is 286 g/mol. The SMILES string of the molecule is Nc1cc(N)c(CC(O)CO)c(-c2ccccc2[N+](=O)[O-])c1. The summed E-state index contributed by atoms with van der Waals surface area (Å²) >= 11 is 0. The van der Waals surface area contributed by atoms with E-state index in [1.165, 1.54) is 12.1 Å². The molecule has 0 aliphatic heterocycles. The third kappa shape index (κ3) is 3.16. The maximum absolute atomic E-state index is 11.2. The smallest absolute Gasteiger partial charge is 0.277 e. The van der Waals surface area contributed by atoms with Crippen LogP contribution in [0.3, 0.4) is 0 Å². The van der Waals surface area contributed by atoms with Crippen LogP contribution in [0.25, 0.3) is 11.1 Å². The van der Waals surface area contributed by atoms with Crippen LogP contribution in [-0.4, -0.2) is 27.8 Å². The van der Waals surface area contributed by atoms with Crippen LogP contribution in [0.1, 0.15) is 5.56 Å². The molecule has 0 bridgehead atoms. The molecular formula is C15H17N3O4. The van der Waals surface area contributed by atoms with Crippen molar-refractivity contribution in [2.45, 2.75) is 12.5 Å². The highest BCUT2D eigenvalue weighted by Gasteiger charge is 2.20. The highest BCUT2D eigenvalue weighted by Crippen LogP contribution is 2.36. The van der Waals surface area contributed by atoms with E-state index in [4.69, 9.17) is 16.6 Å². The molecule has 0 aliphatic rings. The van der Waals surface area contributed by atoms with Gasteiger partial charge in [0.25, 0.3) is 5.69 Å². The number of benzene rings is 2. The normalized spacial score (nSPS) is 12.1. The molecule has 7 nitrogen and oxygen atoms in total. The van der Waals surface area contributed by atoms with Crippen molar-refractivity contribution >= 4 is 17.1 Å². The lowest BCUT2D eigenvalue weighted by Gasteiger charge is -2.16. The number of nitrogen functional groups attached to an aromatic ring is 2. The van der Waals surface area contributed by atoms with Crippen molar-refractivity contribution in [3.63, 3.8) is 0 Å². The maximum atomic E-state index is 11.2. The molecule has 2 aromatic rings. The number of aliphatic hydroxyl groups excluding tert-OH is 2. The average molecular weight is 303 g/mol. The van der Waals surface area contributed by atoms with E-state index in [2.05, 4.69) is 0 Å². The molecule has 0 amide bonds. The predicted octanol–water partition coefficient (Wildman–Crippen LogP) is 1.32. The lowest BCUT2D eigenvalue weighted by atomic mass is 9.93. The molecule has 0 saturated carbocycles. The minimum atomic E-state index is -1.01. The van der Waals surface area contributed by atoms with Crippen LogP contribution in [0.2, 0.25) is 0 Å². The second kappa shape index (κ2) is 6.42. The van der Waals surface area contributed by atoms with Gasteiger partial charge in [-0.2, -0.15) is 0 Å². The average Bonchev–Trinajstić information content (AvgIpc) is 2.49.